The molecule has 0 unspecified atom stereocenters. The average Bonchev–Trinajstić information content (AvgIpc) is 1.85. The Morgan fingerprint density at radius 2 is 2.18 bits per heavy atom. The molecular weight excluding hydrogens is 144 g/mol. The Labute approximate surface area is 62.2 Å². The molecule has 0 aromatic carbocycles. The smallest absolute Gasteiger partial charge is 0.269 e. The van der Waals surface area contributed by atoms with Crippen LogP contribution in [0.4, 0.5) is 11.5 Å². The first-order chi connectivity index (χ1) is 5.15. The molecule has 0 aliphatic rings. The van der Waals surface area contributed by atoms with Crippen molar-refractivity contribution in [2.75, 3.05) is 11.5 Å². The number of H-pyrrole nitrogens is 1. The Bertz CT molecular complexity index is 373. The zero-order chi connectivity index (χ0) is 8.43. The predicted octanol–water partition coefficient (Wildman–Crippen LogP) is -0.589. The van der Waals surface area contributed by atoms with Crippen molar-refractivity contribution in [3.8, 4) is 6.07 Å². The Kier molecular flexibility index (Phi) is 1.52. The van der Waals surface area contributed by atoms with E-state index in [1.807, 2.05) is 0 Å². The van der Waals surface area contributed by atoms with Crippen LogP contribution in [0.1, 0.15) is 5.56 Å². The summed E-state index contributed by atoms with van der Waals surface area (Å²) in [6.07, 6.45) is 0. The first kappa shape index (κ1) is 7.15. The Morgan fingerprint density at radius 1 is 1.55 bits per heavy atom. The summed E-state index contributed by atoms with van der Waals surface area (Å²) in [5.41, 5.74) is 10.0. The van der Waals surface area contributed by atoms with Crippen LogP contribution in [0.3, 0.4) is 0 Å². The number of aromatic nitrogens is 1. The van der Waals surface area contributed by atoms with Gasteiger partial charge in [0.25, 0.3) is 5.56 Å². The number of nitriles is 1. The van der Waals surface area contributed by atoms with E-state index in [0.717, 1.165) is 0 Å². The van der Waals surface area contributed by atoms with Crippen LogP contribution in [0.5, 0.6) is 0 Å². The van der Waals surface area contributed by atoms with Crippen molar-refractivity contribution in [2.45, 2.75) is 0 Å². The van der Waals surface area contributed by atoms with Crippen molar-refractivity contribution in [2.24, 2.45) is 0 Å². The van der Waals surface area contributed by atoms with Crippen LogP contribution in [0, 0.1) is 11.3 Å². The van der Waals surface area contributed by atoms with E-state index in [0.29, 0.717) is 0 Å². The number of nitrogens with one attached hydrogen (secondary N) is 1. The number of hydrogen-bond acceptors (Lipinski definition) is 4. The van der Waals surface area contributed by atoms with Gasteiger partial charge in [0.15, 0.2) is 0 Å². The second-order valence-corrected chi connectivity index (χ2v) is 2.00. The molecule has 1 heterocycles. The fraction of sp³-hybridized carbons (Fsp3) is 0. The lowest BCUT2D eigenvalue weighted by Gasteiger charge is -1.96. The number of aromatic amines is 1. The molecule has 1 aromatic rings. The summed E-state index contributed by atoms with van der Waals surface area (Å²) >= 11 is 0. The van der Waals surface area contributed by atoms with E-state index in [4.69, 9.17) is 16.7 Å². The number of nitrogens with two attached hydrogens (primary N) is 2. The third kappa shape index (κ3) is 1.14. The number of pyridine rings is 1. The van der Waals surface area contributed by atoms with Gasteiger partial charge >= 0.3 is 0 Å². The van der Waals surface area contributed by atoms with Gasteiger partial charge in [0, 0.05) is 6.07 Å². The molecule has 0 bridgehead atoms. The maximum Gasteiger partial charge on any atom is 0.269 e. The van der Waals surface area contributed by atoms with Gasteiger partial charge < -0.3 is 16.5 Å². The maximum atomic E-state index is 10.9. The highest BCUT2D eigenvalue weighted by molar-refractivity contribution is 5.57. The van der Waals surface area contributed by atoms with Crippen LogP contribution < -0.4 is 17.0 Å². The molecule has 0 fully saturated rings. The molecule has 11 heavy (non-hydrogen) atoms. The first-order valence-corrected chi connectivity index (χ1v) is 2.83. The highest BCUT2D eigenvalue weighted by Gasteiger charge is 2.03. The number of anilines is 2. The van der Waals surface area contributed by atoms with Crippen LogP contribution >= 0.6 is 0 Å². The normalized spacial score (nSPS) is 9.00. The van der Waals surface area contributed by atoms with E-state index in [9.17, 15) is 4.79 Å². The number of nitrogens with zero attached hydrogens (tertiary/aromatic N) is 1. The number of hydrogen-bond donors (Lipinski definition) is 3. The minimum absolute atomic E-state index is 0.0980. The van der Waals surface area contributed by atoms with Gasteiger partial charge in [0.05, 0.1) is 5.69 Å². The van der Waals surface area contributed by atoms with Crippen molar-refractivity contribution in [3.05, 3.63) is 22.0 Å². The molecule has 1 aromatic heterocycles. The van der Waals surface area contributed by atoms with Gasteiger partial charge in [-0.05, 0) is 0 Å². The minimum atomic E-state index is -0.551. The Morgan fingerprint density at radius 3 is 2.64 bits per heavy atom. The van der Waals surface area contributed by atoms with Crippen LogP contribution in [0.25, 0.3) is 0 Å². The zero-order valence-corrected chi connectivity index (χ0v) is 5.59. The second-order valence-electron chi connectivity index (χ2n) is 2.00. The summed E-state index contributed by atoms with van der Waals surface area (Å²) in [6.45, 7) is 0. The van der Waals surface area contributed by atoms with Crippen LogP contribution in [0.2, 0.25) is 0 Å². The van der Waals surface area contributed by atoms with Gasteiger partial charge in [-0.3, -0.25) is 4.79 Å². The van der Waals surface area contributed by atoms with E-state index >= 15 is 0 Å². The molecule has 5 heteroatoms. The monoisotopic (exact) mass is 150 g/mol. The summed E-state index contributed by atoms with van der Waals surface area (Å²) in [5, 5.41) is 8.40. The molecule has 0 saturated carbocycles. The summed E-state index contributed by atoms with van der Waals surface area (Å²) in [7, 11) is 0. The topological polar surface area (TPSA) is 109 Å². The second kappa shape index (κ2) is 2.34. The van der Waals surface area contributed by atoms with Crippen molar-refractivity contribution in [1.82, 2.24) is 4.98 Å². The minimum Gasteiger partial charge on any atom is -0.397 e. The van der Waals surface area contributed by atoms with Gasteiger partial charge in [0.1, 0.15) is 17.5 Å². The van der Waals surface area contributed by atoms with E-state index in [-0.39, 0.29) is 17.1 Å². The first-order valence-electron chi connectivity index (χ1n) is 2.83. The summed E-state index contributed by atoms with van der Waals surface area (Å²) < 4.78 is 0. The standard InChI is InChI=1S/C6H6N4O/c7-2-3-4(8)1-5(9)10-6(3)11/h1H,(H5,8,9,10,11). The predicted molar refractivity (Wildman–Crippen MR) is 40.6 cm³/mol. The van der Waals surface area contributed by atoms with Crippen LogP contribution in [-0.4, -0.2) is 4.98 Å². The molecule has 0 aliphatic heterocycles. The molecule has 0 saturated heterocycles. The van der Waals surface area contributed by atoms with E-state index in [2.05, 4.69) is 4.98 Å². The quantitative estimate of drug-likeness (QED) is 0.459. The fourth-order valence-corrected chi connectivity index (χ4v) is 0.716. The molecule has 0 spiro atoms. The molecule has 56 valence electrons. The molecular formula is C6H6N4O. The highest BCUT2D eigenvalue weighted by Crippen LogP contribution is 2.06. The van der Waals surface area contributed by atoms with E-state index in [1.54, 1.807) is 6.07 Å². The van der Waals surface area contributed by atoms with E-state index in [1.165, 1.54) is 6.07 Å². The third-order valence-electron chi connectivity index (χ3n) is 1.20. The Balaban J connectivity index is 3.53. The maximum absolute atomic E-state index is 10.9. The van der Waals surface area contributed by atoms with Gasteiger partial charge in [-0.2, -0.15) is 5.26 Å². The van der Waals surface area contributed by atoms with Gasteiger partial charge in [0.2, 0.25) is 0 Å². The number of rotatable bonds is 0. The molecule has 5 N–H and O–H groups in total. The highest BCUT2D eigenvalue weighted by atomic mass is 16.1. The molecule has 0 atom stereocenters. The molecule has 0 aliphatic carbocycles. The third-order valence-corrected chi connectivity index (χ3v) is 1.20. The zero-order valence-electron chi connectivity index (χ0n) is 5.59. The van der Waals surface area contributed by atoms with Gasteiger partial charge in [-0.1, -0.05) is 0 Å². The van der Waals surface area contributed by atoms with Crippen molar-refractivity contribution in [3.63, 3.8) is 0 Å². The lowest BCUT2D eigenvalue weighted by atomic mass is 10.2. The average molecular weight is 150 g/mol. The largest absolute Gasteiger partial charge is 0.397 e. The van der Waals surface area contributed by atoms with Gasteiger partial charge in [-0.15, -0.1) is 0 Å². The summed E-state index contributed by atoms with van der Waals surface area (Å²) in [4.78, 5) is 13.1. The van der Waals surface area contributed by atoms with Crippen molar-refractivity contribution in [1.29, 1.82) is 5.26 Å². The van der Waals surface area contributed by atoms with E-state index < -0.39 is 5.56 Å². The molecule has 1 rings (SSSR count). The molecule has 0 radical (unpaired) electrons. The van der Waals surface area contributed by atoms with Gasteiger partial charge in [-0.25, -0.2) is 0 Å². The summed E-state index contributed by atoms with van der Waals surface area (Å²) in [5.74, 6) is 0.159. The fourth-order valence-electron chi connectivity index (χ4n) is 0.716. The molecule has 5 nitrogen and oxygen atoms in total. The lowest BCUT2D eigenvalue weighted by Crippen LogP contribution is -2.14. The summed E-state index contributed by atoms with van der Waals surface area (Å²) in [6, 6.07) is 3.00. The van der Waals surface area contributed by atoms with Crippen molar-refractivity contribution < 1.29 is 0 Å². The SMILES string of the molecule is N#Cc1c(N)cc(N)[nH]c1=O. The number of nitrogen functional groups attached to an aromatic ring is 2. The molecule has 0 amide bonds. The van der Waals surface area contributed by atoms with Crippen LogP contribution in [-0.2, 0) is 0 Å². The van der Waals surface area contributed by atoms with Crippen molar-refractivity contribution >= 4 is 11.5 Å². The lowest BCUT2D eigenvalue weighted by molar-refractivity contribution is 1.23. The van der Waals surface area contributed by atoms with Crippen LogP contribution in [0.15, 0.2) is 10.9 Å². The Hall–Kier alpha value is -1.96.